The fraction of sp³-hybridized carbons (Fsp3) is 0.625. The minimum atomic E-state index is 0.192. The molecule has 1 aromatic rings. The van der Waals surface area contributed by atoms with Crippen LogP contribution < -0.4 is 4.90 Å². The van der Waals surface area contributed by atoms with Crippen molar-refractivity contribution in [2.45, 2.75) is 12.8 Å². The highest BCUT2D eigenvalue weighted by atomic mass is 16.5. The lowest BCUT2D eigenvalue weighted by molar-refractivity contribution is 0.0375. The summed E-state index contributed by atoms with van der Waals surface area (Å²) >= 11 is 0. The van der Waals surface area contributed by atoms with Crippen LogP contribution in [0.5, 0.6) is 0 Å². The van der Waals surface area contributed by atoms with Gasteiger partial charge in [-0.15, -0.1) is 0 Å². The Morgan fingerprint density at radius 2 is 1.90 bits per heavy atom. The molecular weight excluding hydrogens is 252 g/mol. The quantitative estimate of drug-likeness (QED) is 0.817. The minimum absolute atomic E-state index is 0.192. The second-order valence-corrected chi connectivity index (χ2v) is 5.37. The van der Waals surface area contributed by atoms with E-state index in [9.17, 15) is 0 Å². The van der Waals surface area contributed by atoms with Gasteiger partial charge in [-0.3, -0.25) is 4.90 Å². The van der Waals surface area contributed by atoms with E-state index in [0.717, 1.165) is 45.0 Å². The molecule has 4 heteroatoms. The normalized spacial score (nSPS) is 16.3. The molecule has 20 heavy (non-hydrogen) atoms. The van der Waals surface area contributed by atoms with Crippen molar-refractivity contribution in [2.24, 2.45) is 0 Å². The molecule has 4 nitrogen and oxygen atoms in total. The van der Waals surface area contributed by atoms with Gasteiger partial charge in [-0.1, -0.05) is 12.1 Å². The predicted octanol–water partition coefficient (Wildman–Crippen LogP) is 1.38. The first-order valence-corrected chi connectivity index (χ1v) is 7.50. The highest BCUT2D eigenvalue weighted by molar-refractivity contribution is 5.46. The number of hydrogen-bond donors (Lipinski definition) is 1. The Kier molecular flexibility index (Phi) is 6.30. The second-order valence-electron chi connectivity index (χ2n) is 5.37. The summed E-state index contributed by atoms with van der Waals surface area (Å²) in [6.45, 7) is 5.94. The number of benzene rings is 1. The molecule has 1 saturated heterocycles. The topological polar surface area (TPSA) is 35.9 Å². The number of aryl methyl sites for hydroxylation is 1. The van der Waals surface area contributed by atoms with Gasteiger partial charge in [-0.25, -0.2) is 0 Å². The number of nitrogens with zero attached hydrogens (tertiary/aromatic N) is 2. The molecule has 0 bridgehead atoms. The second kappa shape index (κ2) is 8.25. The zero-order valence-electron chi connectivity index (χ0n) is 12.4. The average molecular weight is 278 g/mol. The highest BCUT2D eigenvalue weighted by Gasteiger charge is 2.09. The van der Waals surface area contributed by atoms with Crippen LogP contribution >= 0.6 is 0 Å². The molecule has 0 spiro atoms. The van der Waals surface area contributed by atoms with Gasteiger partial charge >= 0.3 is 0 Å². The first kappa shape index (κ1) is 15.3. The third-order valence-corrected chi connectivity index (χ3v) is 3.86. The van der Waals surface area contributed by atoms with Crippen molar-refractivity contribution in [1.82, 2.24) is 4.90 Å². The summed E-state index contributed by atoms with van der Waals surface area (Å²) in [7, 11) is 2.00. The number of rotatable bonds is 7. The van der Waals surface area contributed by atoms with Crippen molar-refractivity contribution < 1.29 is 9.84 Å². The number of hydrogen-bond acceptors (Lipinski definition) is 4. The summed E-state index contributed by atoms with van der Waals surface area (Å²) in [5.41, 5.74) is 2.55. The monoisotopic (exact) mass is 278 g/mol. The third kappa shape index (κ3) is 4.78. The first-order valence-electron chi connectivity index (χ1n) is 7.50. The minimum Gasteiger partial charge on any atom is -0.395 e. The Morgan fingerprint density at radius 1 is 1.20 bits per heavy atom. The number of ether oxygens (including phenoxy) is 1. The Hall–Kier alpha value is -1.10. The smallest absolute Gasteiger partial charge is 0.0606 e. The van der Waals surface area contributed by atoms with Crippen LogP contribution in [0.15, 0.2) is 24.3 Å². The van der Waals surface area contributed by atoms with E-state index in [-0.39, 0.29) is 6.61 Å². The van der Waals surface area contributed by atoms with Crippen molar-refractivity contribution in [2.75, 3.05) is 57.9 Å². The van der Waals surface area contributed by atoms with Crippen LogP contribution in [0.3, 0.4) is 0 Å². The maximum Gasteiger partial charge on any atom is 0.0606 e. The first-order chi connectivity index (χ1) is 9.79. The molecule has 2 rings (SSSR count). The van der Waals surface area contributed by atoms with Crippen LogP contribution in [0.2, 0.25) is 0 Å². The summed E-state index contributed by atoms with van der Waals surface area (Å²) in [6.07, 6.45) is 2.33. The molecule has 1 heterocycles. The molecule has 1 aliphatic heterocycles. The van der Waals surface area contributed by atoms with E-state index in [1.54, 1.807) is 0 Å². The van der Waals surface area contributed by atoms with Crippen molar-refractivity contribution in [3.63, 3.8) is 0 Å². The molecule has 0 radical (unpaired) electrons. The van der Waals surface area contributed by atoms with Crippen molar-refractivity contribution in [3.05, 3.63) is 29.8 Å². The summed E-state index contributed by atoms with van der Waals surface area (Å²) in [5.74, 6) is 0. The summed E-state index contributed by atoms with van der Waals surface area (Å²) in [6, 6.07) is 8.67. The molecule has 0 saturated carbocycles. The van der Waals surface area contributed by atoms with Gasteiger partial charge in [0, 0.05) is 32.4 Å². The Morgan fingerprint density at radius 3 is 2.55 bits per heavy atom. The SMILES string of the molecule is CN(CCO)c1ccc(CCCN2CCOCC2)cc1. The van der Waals surface area contributed by atoms with E-state index >= 15 is 0 Å². The van der Waals surface area contributed by atoms with Crippen LogP contribution in [0.4, 0.5) is 5.69 Å². The average Bonchev–Trinajstić information content (AvgIpc) is 2.49. The molecule has 112 valence electrons. The molecule has 1 aromatic carbocycles. The lowest BCUT2D eigenvalue weighted by atomic mass is 10.1. The van der Waals surface area contributed by atoms with Gasteiger partial charge in [0.2, 0.25) is 0 Å². The maximum absolute atomic E-state index is 8.94. The van der Waals surface area contributed by atoms with Crippen LogP contribution in [0.1, 0.15) is 12.0 Å². The number of morpholine rings is 1. The van der Waals surface area contributed by atoms with Gasteiger partial charge in [-0.05, 0) is 37.1 Å². The lowest BCUT2D eigenvalue weighted by Gasteiger charge is -2.26. The molecule has 0 amide bonds. The molecular formula is C16H26N2O2. The molecule has 0 aromatic heterocycles. The maximum atomic E-state index is 8.94. The molecule has 0 aliphatic carbocycles. The lowest BCUT2D eigenvalue weighted by Crippen LogP contribution is -2.36. The van der Waals surface area contributed by atoms with Crippen LogP contribution in [0, 0.1) is 0 Å². The zero-order chi connectivity index (χ0) is 14.2. The third-order valence-electron chi connectivity index (χ3n) is 3.86. The summed E-state index contributed by atoms with van der Waals surface area (Å²) in [5, 5.41) is 8.94. The standard InChI is InChI=1S/C16H26N2O2/c1-17(9-12-19)16-6-4-15(5-7-16)3-2-8-18-10-13-20-14-11-18/h4-7,19H,2-3,8-14H2,1H3. The Bertz CT molecular complexity index is 375. The van der Waals surface area contributed by atoms with Gasteiger partial charge in [0.1, 0.15) is 0 Å². The Balaban J connectivity index is 1.73. The largest absolute Gasteiger partial charge is 0.395 e. The summed E-state index contributed by atoms with van der Waals surface area (Å²) < 4.78 is 5.36. The van der Waals surface area contributed by atoms with Gasteiger partial charge in [0.05, 0.1) is 19.8 Å². The van der Waals surface area contributed by atoms with Crippen LogP contribution in [0.25, 0.3) is 0 Å². The van der Waals surface area contributed by atoms with Crippen molar-refractivity contribution in [1.29, 1.82) is 0 Å². The van der Waals surface area contributed by atoms with E-state index < -0.39 is 0 Å². The zero-order valence-corrected chi connectivity index (χ0v) is 12.4. The summed E-state index contributed by atoms with van der Waals surface area (Å²) in [4.78, 5) is 4.55. The van der Waals surface area contributed by atoms with E-state index in [1.807, 2.05) is 7.05 Å². The van der Waals surface area contributed by atoms with Gasteiger partial charge < -0.3 is 14.7 Å². The Labute approximate surface area is 122 Å². The van der Waals surface area contributed by atoms with E-state index in [2.05, 4.69) is 34.1 Å². The van der Waals surface area contributed by atoms with Gasteiger partial charge in [0.15, 0.2) is 0 Å². The molecule has 0 atom stereocenters. The van der Waals surface area contributed by atoms with Gasteiger partial charge in [0.25, 0.3) is 0 Å². The van der Waals surface area contributed by atoms with Crippen molar-refractivity contribution in [3.8, 4) is 0 Å². The highest BCUT2D eigenvalue weighted by Crippen LogP contribution is 2.14. The van der Waals surface area contributed by atoms with E-state index in [0.29, 0.717) is 6.54 Å². The molecule has 0 unspecified atom stereocenters. The molecule has 1 aliphatic rings. The van der Waals surface area contributed by atoms with Crippen molar-refractivity contribution >= 4 is 5.69 Å². The fourth-order valence-electron chi connectivity index (χ4n) is 2.53. The molecule has 1 N–H and O–H groups in total. The number of aliphatic hydroxyl groups excluding tert-OH is 1. The van der Waals surface area contributed by atoms with Crippen LogP contribution in [-0.4, -0.2) is 63.1 Å². The fourth-order valence-corrected chi connectivity index (χ4v) is 2.53. The number of aliphatic hydroxyl groups is 1. The number of anilines is 1. The van der Waals surface area contributed by atoms with Gasteiger partial charge in [-0.2, -0.15) is 0 Å². The number of likely N-dealkylation sites (N-methyl/N-ethyl adjacent to an activating group) is 1. The van der Waals surface area contributed by atoms with E-state index in [4.69, 9.17) is 9.84 Å². The van der Waals surface area contributed by atoms with Crippen LogP contribution in [-0.2, 0) is 11.2 Å². The predicted molar refractivity (Wildman–Crippen MR) is 82.4 cm³/mol. The van der Waals surface area contributed by atoms with E-state index in [1.165, 1.54) is 12.0 Å². The molecule has 1 fully saturated rings.